The molecule has 0 saturated carbocycles. The van der Waals surface area contributed by atoms with E-state index in [1.54, 1.807) is 30.8 Å². The van der Waals surface area contributed by atoms with Crippen molar-refractivity contribution >= 4 is 10.0 Å². The highest BCUT2D eigenvalue weighted by molar-refractivity contribution is 7.89. The van der Waals surface area contributed by atoms with Gasteiger partial charge in [0.25, 0.3) is 0 Å². The summed E-state index contributed by atoms with van der Waals surface area (Å²) in [5, 5.41) is 9.06. The van der Waals surface area contributed by atoms with Crippen LogP contribution in [0.4, 0.5) is 0 Å². The second-order valence-electron chi connectivity index (χ2n) is 4.08. The third kappa shape index (κ3) is 3.09. The van der Waals surface area contributed by atoms with Crippen LogP contribution in [0.1, 0.15) is 11.4 Å². The molecule has 1 aromatic carbocycles. The van der Waals surface area contributed by atoms with Gasteiger partial charge in [-0.05, 0) is 24.6 Å². The smallest absolute Gasteiger partial charge is 0.241 e. The Morgan fingerprint density at radius 2 is 2.16 bits per heavy atom. The van der Waals surface area contributed by atoms with E-state index >= 15 is 0 Å². The minimum atomic E-state index is -3.82. The van der Waals surface area contributed by atoms with Crippen LogP contribution in [-0.4, -0.2) is 23.2 Å². The predicted octanol–water partition coefficient (Wildman–Crippen LogP) is 0.350. The molecule has 8 heteroatoms. The third-order valence-electron chi connectivity index (χ3n) is 2.57. The lowest BCUT2D eigenvalue weighted by molar-refractivity contribution is 0.282. The van der Waals surface area contributed by atoms with Gasteiger partial charge in [-0.15, -0.1) is 0 Å². The first-order valence-corrected chi connectivity index (χ1v) is 7.01. The van der Waals surface area contributed by atoms with Gasteiger partial charge in [0.15, 0.2) is 5.82 Å². The lowest BCUT2D eigenvalue weighted by Crippen LogP contribution is -2.14. The van der Waals surface area contributed by atoms with Crippen LogP contribution in [0.2, 0.25) is 0 Å². The van der Waals surface area contributed by atoms with E-state index in [0.29, 0.717) is 5.82 Å². The molecular formula is C11H14N4O3S. The number of nitrogens with two attached hydrogens (primary N) is 1. The van der Waals surface area contributed by atoms with E-state index in [1.165, 1.54) is 12.4 Å². The van der Waals surface area contributed by atoms with Crippen LogP contribution in [0.25, 0.3) is 0 Å². The Morgan fingerprint density at radius 3 is 2.74 bits per heavy atom. The van der Waals surface area contributed by atoms with Crippen LogP contribution in [0.5, 0.6) is 5.75 Å². The van der Waals surface area contributed by atoms with Gasteiger partial charge in [0.1, 0.15) is 23.6 Å². The number of benzene rings is 1. The summed E-state index contributed by atoms with van der Waals surface area (Å²) in [5.41, 5.74) is 0.787. The van der Waals surface area contributed by atoms with E-state index in [9.17, 15) is 8.42 Å². The first-order chi connectivity index (χ1) is 8.88. The summed E-state index contributed by atoms with van der Waals surface area (Å²) in [6.45, 7) is 1.89. The average Bonchev–Trinajstić information content (AvgIpc) is 2.72. The van der Waals surface area contributed by atoms with Gasteiger partial charge in [0, 0.05) is 7.05 Å². The highest BCUT2D eigenvalue weighted by Crippen LogP contribution is 2.24. The van der Waals surface area contributed by atoms with Crippen LogP contribution in [0.3, 0.4) is 0 Å². The van der Waals surface area contributed by atoms with Gasteiger partial charge in [0.2, 0.25) is 10.0 Å². The SMILES string of the molecule is Cc1ccc(OCc2ncnn2C)c(S(N)(=O)=O)c1. The van der Waals surface area contributed by atoms with Crippen molar-refractivity contribution in [3.63, 3.8) is 0 Å². The van der Waals surface area contributed by atoms with Crippen molar-refractivity contribution in [3.05, 3.63) is 35.9 Å². The number of sulfonamides is 1. The van der Waals surface area contributed by atoms with E-state index in [-0.39, 0.29) is 17.3 Å². The normalized spacial score (nSPS) is 11.5. The second-order valence-corrected chi connectivity index (χ2v) is 5.61. The molecule has 0 aliphatic heterocycles. The molecule has 0 saturated heterocycles. The summed E-state index contributed by atoms with van der Waals surface area (Å²) in [6, 6.07) is 4.80. The van der Waals surface area contributed by atoms with Crippen molar-refractivity contribution < 1.29 is 13.2 Å². The molecule has 0 aliphatic carbocycles. The van der Waals surface area contributed by atoms with E-state index < -0.39 is 10.0 Å². The zero-order chi connectivity index (χ0) is 14.0. The Labute approximate surface area is 111 Å². The molecule has 0 fully saturated rings. The maximum Gasteiger partial charge on any atom is 0.241 e. The number of ether oxygens (including phenoxy) is 1. The molecule has 2 aromatic rings. The summed E-state index contributed by atoms with van der Waals surface area (Å²) in [6.07, 6.45) is 1.40. The number of primary sulfonamides is 1. The topological polar surface area (TPSA) is 100 Å². The molecule has 0 spiro atoms. The quantitative estimate of drug-likeness (QED) is 0.872. The number of hydrogen-bond donors (Lipinski definition) is 1. The summed E-state index contributed by atoms with van der Waals surface area (Å²) < 4.78 is 30.0. The molecule has 0 aliphatic rings. The molecule has 0 radical (unpaired) electrons. The fraction of sp³-hybridized carbons (Fsp3) is 0.273. The van der Waals surface area contributed by atoms with Crippen LogP contribution in [0.15, 0.2) is 29.4 Å². The molecule has 0 atom stereocenters. The van der Waals surface area contributed by atoms with E-state index in [2.05, 4.69) is 10.1 Å². The predicted molar refractivity (Wildman–Crippen MR) is 67.9 cm³/mol. The molecule has 2 rings (SSSR count). The van der Waals surface area contributed by atoms with Gasteiger partial charge in [0.05, 0.1) is 0 Å². The first kappa shape index (κ1) is 13.5. The zero-order valence-corrected chi connectivity index (χ0v) is 11.4. The van der Waals surface area contributed by atoms with Crippen molar-refractivity contribution in [1.82, 2.24) is 14.8 Å². The van der Waals surface area contributed by atoms with E-state index in [0.717, 1.165) is 5.56 Å². The number of hydrogen-bond acceptors (Lipinski definition) is 5. The maximum absolute atomic E-state index is 11.5. The first-order valence-electron chi connectivity index (χ1n) is 5.47. The highest BCUT2D eigenvalue weighted by atomic mass is 32.2. The van der Waals surface area contributed by atoms with Crippen molar-refractivity contribution in [2.24, 2.45) is 12.2 Å². The van der Waals surface area contributed by atoms with Crippen LogP contribution in [-0.2, 0) is 23.7 Å². The van der Waals surface area contributed by atoms with Crippen LogP contribution in [0, 0.1) is 6.92 Å². The molecule has 1 heterocycles. The van der Waals surface area contributed by atoms with E-state index in [4.69, 9.17) is 9.88 Å². The van der Waals surface area contributed by atoms with Crippen molar-refractivity contribution in [3.8, 4) is 5.75 Å². The summed E-state index contributed by atoms with van der Waals surface area (Å²) in [5.74, 6) is 0.789. The van der Waals surface area contributed by atoms with Gasteiger partial charge in [-0.25, -0.2) is 18.5 Å². The Kier molecular flexibility index (Phi) is 3.54. The molecular weight excluding hydrogens is 268 g/mol. The summed E-state index contributed by atoms with van der Waals surface area (Å²) in [4.78, 5) is 3.95. The van der Waals surface area contributed by atoms with Crippen molar-refractivity contribution in [2.75, 3.05) is 0 Å². The number of rotatable bonds is 4. The largest absolute Gasteiger partial charge is 0.484 e. The Hall–Kier alpha value is -1.93. The van der Waals surface area contributed by atoms with Crippen LogP contribution < -0.4 is 9.88 Å². The summed E-state index contributed by atoms with van der Waals surface area (Å²) in [7, 11) is -2.10. The average molecular weight is 282 g/mol. The Balaban J connectivity index is 2.28. The third-order valence-corrected chi connectivity index (χ3v) is 3.50. The van der Waals surface area contributed by atoms with Gasteiger partial charge < -0.3 is 4.74 Å². The fourth-order valence-corrected chi connectivity index (χ4v) is 2.31. The van der Waals surface area contributed by atoms with Gasteiger partial charge >= 0.3 is 0 Å². The van der Waals surface area contributed by atoms with Gasteiger partial charge in [-0.3, -0.25) is 4.68 Å². The lowest BCUT2D eigenvalue weighted by Gasteiger charge is -2.10. The number of aryl methyl sites for hydroxylation is 2. The van der Waals surface area contributed by atoms with Gasteiger partial charge in [-0.2, -0.15) is 5.10 Å². The molecule has 0 unspecified atom stereocenters. The lowest BCUT2D eigenvalue weighted by atomic mass is 10.2. The second kappa shape index (κ2) is 4.98. The van der Waals surface area contributed by atoms with Gasteiger partial charge in [-0.1, -0.05) is 6.07 Å². The standard InChI is InChI=1S/C11H14N4O3S/c1-8-3-4-9(10(5-8)19(12,16)17)18-6-11-13-7-14-15(11)2/h3-5,7H,6H2,1-2H3,(H2,12,16,17). The molecule has 2 N–H and O–H groups in total. The van der Waals surface area contributed by atoms with Crippen LogP contribution >= 0.6 is 0 Å². The Bertz CT molecular complexity index is 694. The monoisotopic (exact) mass is 282 g/mol. The van der Waals surface area contributed by atoms with Crippen molar-refractivity contribution in [2.45, 2.75) is 18.4 Å². The maximum atomic E-state index is 11.5. The minimum absolute atomic E-state index is 0.0327. The molecule has 19 heavy (non-hydrogen) atoms. The molecule has 0 bridgehead atoms. The minimum Gasteiger partial charge on any atom is -0.484 e. The molecule has 1 aromatic heterocycles. The Morgan fingerprint density at radius 1 is 1.42 bits per heavy atom. The number of aromatic nitrogens is 3. The fourth-order valence-electron chi connectivity index (χ4n) is 1.55. The van der Waals surface area contributed by atoms with E-state index in [1.807, 2.05) is 0 Å². The molecule has 7 nitrogen and oxygen atoms in total. The number of nitrogens with zero attached hydrogens (tertiary/aromatic N) is 3. The summed E-state index contributed by atoms with van der Waals surface area (Å²) >= 11 is 0. The zero-order valence-electron chi connectivity index (χ0n) is 10.6. The highest BCUT2D eigenvalue weighted by Gasteiger charge is 2.16. The molecule has 0 amide bonds. The molecule has 102 valence electrons. The van der Waals surface area contributed by atoms with Crippen molar-refractivity contribution in [1.29, 1.82) is 0 Å².